The molecule has 3 rings (SSSR count). The highest BCUT2D eigenvalue weighted by Gasteiger charge is 2.14. The third-order valence-corrected chi connectivity index (χ3v) is 3.63. The molecular weight excluding hydrogens is 338 g/mol. The summed E-state index contributed by atoms with van der Waals surface area (Å²) in [4.78, 5) is 22.8. The van der Waals surface area contributed by atoms with E-state index in [-0.39, 0.29) is 11.5 Å². The number of benzene rings is 1. The van der Waals surface area contributed by atoms with Gasteiger partial charge in [0.25, 0.3) is 5.56 Å². The first-order valence-corrected chi connectivity index (χ1v) is 7.46. The number of aromatic amines is 1. The van der Waals surface area contributed by atoms with E-state index < -0.39 is 5.56 Å². The molecule has 0 unspecified atom stereocenters. The van der Waals surface area contributed by atoms with Crippen LogP contribution in [0.25, 0.3) is 11.0 Å². The number of anilines is 2. The van der Waals surface area contributed by atoms with Crippen LogP contribution in [0.3, 0.4) is 0 Å². The lowest BCUT2D eigenvalue weighted by Crippen LogP contribution is -2.11. The standard InChI is InChI=1S/C17H15N5O4/c1-24-12-5-11(6-13(25-2)14(12)26-3)20-17-19-8-10-4-9(7-18)16(23)21-15(10)22-17/h4-6,8H,1-3H3,(H2,19,20,21,22,23). The van der Waals surface area contributed by atoms with Gasteiger partial charge in [-0.3, -0.25) is 4.79 Å². The molecule has 26 heavy (non-hydrogen) atoms. The molecule has 0 saturated carbocycles. The molecule has 0 aliphatic carbocycles. The topological polar surface area (TPSA) is 122 Å². The first kappa shape index (κ1) is 17.0. The van der Waals surface area contributed by atoms with Crippen LogP contribution >= 0.6 is 0 Å². The summed E-state index contributed by atoms with van der Waals surface area (Å²) in [5, 5.41) is 12.5. The number of aromatic nitrogens is 3. The van der Waals surface area contributed by atoms with Gasteiger partial charge in [-0.1, -0.05) is 0 Å². The predicted octanol–water partition coefficient (Wildman–Crippen LogP) is 1.96. The predicted molar refractivity (Wildman–Crippen MR) is 94.3 cm³/mol. The summed E-state index contributed by atoms with van der Waals surface area (Å²) in [6, 6.07) is 6.67. The van der Waals surface area contributed by atoms with Gasteiger partial charge in [0.05, 0.1) is 21.3 Å². The fourth-order valence-electron chi connectivity index (χ4n) is 2.42. The molecule has 3 aromatic rings. The molecule has 0 spiro atoms. The van der Waals surface area contributed by atoms with Crippen molar-refractivity contribution in [1.29, 1.82) is 5.26 Å². The molecule has 2 N–H and O–H groups in total. The van der Waals surface area contributed by atoms with Crippen LogP contribution in [-0.4, -0.2) is 36.3 Å². The number of nitrogens with zero attached hydrogens (tertiary/aromatic N) is 3. The number of nitriles is 1. The largest absolute Gasteiger partial charge is 0.493 e. The molecule has 132 valence electrons. The Labute approximate surface area is 148 Å². The van der Waals surface area contributed by atoms with Crippen LogP contribution in [0.4, 0.5) is 11.6 Å². The van der Waals surface area contributed by atoms with Crippen molar-refractivity contribution in [3.05, 3.63) is 40.3 Å². The van der Waals surface area contributed by atoms with E-state index in [4.69, 9.17) is 19.5 Å². The summed E-state index contributed by atoms with van der Waals surface area (Å²) in [7, 11) is 4.56. The average molecular weight is 353 g/mol. The molecule has 0 atom stereocenters. The number of hydrogen-bond donors (Lipinski definition) is 2. The van der Waals surface area contributed by atoms with Crippen molar-refractivity contribution in [3.8, 4) is 23.3 Å². The summed E-state index contributed by atoms with van der Waals surface area (Å²) in [6.07, 6.45) is 1.51. The molecule has 2 heterocycles. The number of methoxy groups -OCH3 is 3. The van der Waals surface area contributed by atoms with Crippen molar-refractivity contribution in [2.45, 2.75) is 0 Å². The summed E-state index contributed by atoms with van der Waals surface area (Å²) in [5.74, 6) is 1.67. The Kier molecular flexibility index (Phi) is 4.57. The third-order valence-electron chi connectivity index (χ3n) is 3.63. The average Bonchev–Trinajstić information content (AvgIpc) is 2.66. The van der Waals surface area contributed by atoms with E-state index in [0.717, 1.165) is 0 Å². The lowest BCUT2D eigenvalue weighted by Gasteiger charge is -2.14. The molecule has 0 amide bonds. The summed E-state index contributed by atoms with van der Waals surface area (Å²) in [5.41, 5.74) is 0.428. The molecule has 0 saturated heterocycles. The van der Waals surface area contributed by atoms with Crippen molar-refractivity contribution in [2.75, 3.05) is 26.6 Å². The summed E-state index contributed by atoms with van der Waals surface area (Å²) in [6.45, 7) is 0. The Hall–Kier alpha value is -3.80. The maximum Gasteiger partial charge on any atom is 0.267 e. The molecular formula is C17H15N5O4. The number of ether oxygens (including phenoxy) is 3. The molecule has 0 radical (unpaired) electrons. The molecule has 0 aliphatic rings. The van der Waals surface area contributed by atoms with E-state index in [2.05, 4.69) is 20.3 Å². The Morgan fingerprint density at radius 3 is 2.38 bits per heavy atom. The number of rotatable bonds is 5. The summed E-state index contributed by atoms with van der Waals surface area (Å²) >= 11 is 0. The van der Waals surface area contributed by atoms with E-state index in [1.54, 1.807) is 12.1 Å². The normalized spacial score (nSPS) is 10.2. The Bertz CT molecular complexity index is 1050. The van der Waals surface area contributed by atoms with Crippen molar-refractivity contribution in [1.82, 2.24) is 15.0 Å². The van der Waals surface area contributed by atoms with Crippen LogP contribution in [-0.2, 0) is 0 Å². The van der Waals surface area contributed by atoms with Crippen LogP contribution in [0.2, 0.25) is 0 Å². The second-order valence-corrected chi connectivity index (χ2v) is 5.16. The van der Waals surface area contributed by atoms with Gasteiger partial charge in [0.15, 0.2) is 11.5 Å². The van der Waals surface area contributed by atoms with Crippen LogP contribution in [0.15, 0.2) is 29.2 Å². The highest BCUT2D eigenvalue weighted by Crippen LogP contribution is 2.40. The monoisotopic (exact) mass is 353 g/mol. The first-order chi connectivity index (χ1) is 12.6. The van der Waals surface area contributed by atoms with Crippen molar-refractivity contribution >= 4 is 22.7 Å². The smallest absolute Gasteiger partial charge is 0.267 e. The van der Waals surface area contributed by atoms with Gasteiger partial charge in [0, 0.05) is 29.4 Å². The minimum atomic E-state index is -0.502. The number of fused-ring (bicyclic) bond motifs is 1. The van der Waals surface area contributed by atoms with Gasteiger partial charge in [-0.15, -0.1) is 0 Å². The lowest BCUT2D eigenvalue weighted by molar-refractivity contribution is 0.324. The number of pyridine rings is 1. The number of nitrogens with one attached hydrogen (secondary N) is 2. The van der Waals surface area contributed by atoms with Crippen molar-refractivity contribution in [2.24, 2.45) is 0 Å². The van der Waals surface area contributed by atoms with E-state index in [1.165, 1.54) is 33.6 Å². The maximum atomic E-state index is 11.8. The van der Waals surface area contributed by atoms with Crippen LogP contribution in [0.1, 0.15) is 5.56 Å². The van der Waals surface area contributed by atoms with Crippen molar-refractivity contribution in [3.63, 3.8) is 0 Å². The van der Waals surface area contributed by atoms with Gasteiger partial charge in [-0.25, -0.2) is 4.98 Å². The van der Waals surface area contributed by atoms with Crippen LogP contribution in [0, 0.1) is 11.3 Å². The second-order valence-electron chi connectivity index (χ2n) is 5.16. The molecule has 2 aromatic heterocycles. The molecule has 9 heteroatoms. The summed E-state index contributed by atoms with van der Waals surface area (Å²) < 4.78 is 15.9. The zero-order valence-electron chi connectivity index (χ0n) is 14.3. The fourth-order valence-corrected chi connectivity index (χ4v) is 2.42. The Balaban J connectivity index is 2.01. The van der Waals surface area contributed by atoms with Gasteiger partial charge in [0.2, 0.25) is 11.7 Å². The molecule has 0 fully saturated rings. The Morgan fingerprint density at radius 1 is 1.12 bits per heavy atom. The van der Waals surface area contributed by atoms with E-state index in [9.17, 15) is 4.79 Å². The third kappa shape index (κ3) is 3.08. The molecule has 0 aliphatic heterocycles. The van der Waals surface area contributed by atoms with Gasteiger partial charge < -0.3 is 24.5 Å². The Morgan fingerprint density at radius 2 is 1.81 bits per heavy atom. The second kappa shape index (κ2) is 6.98. The number of H-pyrrole nitrogens is 1. The highest BCUT2D eigenvalue weighted by molar-refractivity contribution is 5.76. The van der Waals surface area contributed by atoms with Crippen LogP contribution in [0.5, 0.6) is 17.2 Å². The lowest BCUT2D eigenvalue weighted by atomic mass is 10.2. The maximum absolute atomic E-state index is 11.8. The minimum Gasteiger partial charge on any atom is -0.493 e. The zero-order chi connectivity index (χ0) is 18.7. The first-order valence-electron chi connectivity index (χ1n) is 7.46. The van der Waals surface area contributed by atoms with Crippen LogP contribution < -0.4 is 25.1 Å². The van der Waals surface area contributed by atoms with Crippen molar-refractivity contribution < 1.29 is 14.2 Å². The molecule has 0 bridgehead atoms. The van der Waals surface area contributed by atoms with Gasteiger partial charge >= 0.3 is 0 Å². The SMILES string of the molecule is COc1cc(Nc2ncc3cc(C#N)c(=O)[nH]c3n2)cc(OC)c1OC. The highest BCUT2D eigenvalue weighted by atomic mass is 16.5. The van der Waals surface area contributed by atoms with E-state index in [1.807, 2.05) is 6.07 Å². The minimum absolute atomic E-state index is 0.00596. The van der Waals surface area contributed by atoms with E-state index >= 15 is 0 Å². The van der Waals surface area contributed by atoms with Gasteiger partial charge in [0.1, 0.15) is 17.3 Å². The quantitative estimate of drug-likeness (QED) is 0.714. The number of hydrogen-bond acceptors (Lipinski definition) is 8. The fraction of sp³-hybridized carbons (Fsp3) is 0.176. The zero-order valence-corrected chi connectivity index (χ0v) is 14.3. The van der Waals surface area contributed by atoms with E-state index in [0.29, 0.717) is 34.0 Å². The van der Waals surface area contributed by atoms with Gasteiger partial charge in [-0.05, 0) is 6.07 Å². The molecule has 1 aromatic carbocycles. The van der Waals surface area contributed by atoms with Gasteiger partial charge in [-0.2, -0.15) is 10.2 Å². The molecule has 9 nitrogen and oxygen atoms in total.